The molecule has 0 bridgehead atoms. The SMILES string of the molecule is CC(C)(C)C(=O)Cn1c(=O)n(S(=O)(=O)c2ccccc2)c2ccccc21. The molecule has 0 spiro atoms. The smallest absolute Gasteiger partial charge is 0.297 e. The van der Waals surface area contributed by atoms with Crippen molar-refractivity contribution < 1.29 is 13.2 Å². The van der Waals surface area contributed by atoms with Crippen LogP contribution >= 0.6 is 0 Å². The largest absolute Gasteiger partial charge is 0.343 e. The molecule has 0 saturated heterocycles. The monoisotopic (exact) mass is 372 g/mol. The molecule has 0 amide bonds. The van der Waals surface area contributed by atoms with Gasteiger partial charge < -0.3 is 0 Å². The number of ketones is 1. The van der Waals surface area contributed by atoms with E-state index < -0.39 is 21.1 Å². The van der Waals surface area contributed by atoms with E-state index in [-0.39, 0.29) is 22.7 Å². The van der Waals surface area contributed by atoms with Gasteiger partial charge in [0.25, 0.3) is 10.0 Å². The number of nitrogens with zero attached hydrogens (tertiary/aromatic N) is 2. The number of para-hydroxylation sites is 2. The zero-order valence-corrected chi connectivity index (χ0v) is 15.7. The lowest BCUT2D eigenvalue weighted by Crippen LogP contribution is -2.34. The molecule has 3 aromatic rings. The van der Waals surface area contributed by atoms with Crippen LogP contribution in [0.2, 0.25) is 0 Å². The molecule has 0 aliphatic heterocycles. The Labute approximate surface area is 151 Å². The van der Waals surface area contributed by atoms with E-state index >= 15 is 0 Å². The molecule has 0 aliphatic rings. The van der Waals surface area contributed by atoms with Crippen LogP contribution in [-0.2, 0) is 21.4 Å². The summed E-state index contributed by atoms with van der Waals surface area (Å²) in [6.07, 6.45) is 0. The van der Waals surface area contributed by atoms with Crippen LogP contribution < -0.4 is 5.69 Å². The third-order valence-corrected chi connectivity index (χ3v) is 5.92. The first-order valence-corrected chi connectivity index (χ1v) is 9.62. The number of imidazole rings is 1. The molecule has 1 aromatic heterocycles. The minimum Gasteiger partial charge on any atom is -0.297 e. The van der Waals surface area contributed by atoms with Crippen LogP contribution in [0.3, 0.4) is 0 Å². The highest BCUT2D eigenvalue weighted by Crippen LogP contribution is 2.21. The Balaban J connectivity index is 2.28. The maximum atomic E-state index is 13.0. The van der Waals surface area contributed by atoms with Crippen LogP contribution in [0.25, 0.3) is 11.0 Å². The fourth-order valence-electron chi connectivity index (χ4n) is 2.64. The van der Waals surface area contributed by atoms with Crippen molar-refractivity contribution in [1.29, 1.82) is 0 Å². The van der Waals surface area contributed by atoms with E-state index in [1.165, 1.54) is 16.7 Å². The quantitative estimate of drug-likeness (QED) is 0.705. The summed E-state index contributed by atoms with van der Waals surface area (Å²) >= 11 is 0. The lowest BCUT2D eigenvalue weighted by atomic mass is 9.91. The first kappa shape index (κ1) is 18.1. The summed E-state index contributed by atoms with van der Waals surface area (Å²) in [6.45, 7) is 5.11. The number of carbonyl (C=O) groups is 1. The van der Waals surface area contributed by atoms with Crippen LogP contribution in [0.4, 0.5) is 0 Å². The Kier molecular flexibility index (Phi) is 4.36. The molecule has 0 fully saturated rings. The molecule has 7 heteroatoms. The van der Waals surface area contributed by atoms with Crippen molar-refractivity contribution in [2.24, 2.45) is 5.41 Å². The molecule has 0 saturated carbocycles. The molecule has 2 aromatic carbocycles. The van der Waals surface area contributed by atoms with Gasteiger partial charge in [0, 0.05) is 5.41 Å². The molecule has 0 N–H and O–H groups in total. The van der Waals surface area contributed by atoms with Crippen LogP contribution in [0.5, 0.6) is 0 Å². The second-order valence-electron chi connectivity index (χ2n) is 7.11. The van der Waals surface area contributed by atoms with Gasteiger partial charge in [-0.15, -0.1) is 0 Å². The Morgan fingerprint density at radius 1 is 0.923 bits per heavy atom. The summed E-state index contributed by atoms with van der Waals surface area (Å²) < 4.78 is 28.1. The first-order valence-electron chi connectivity index (χ1n) is 8.18. The van der Waals surface area contributed by atoms with Gasteiger partial charge in [0.2, 0.25) is 0 Å². The van der Waals surface area contributed by atoms with Crippen LogP contribution in [-0.4, -0.2) is 22.7 Å². The maximum absolute atomic E-state index is 13.0. The number of aromatic nitrogens is 2. The van der Waals surface area contributed by atoms with E-state index in [0.717, 1.165) is 3.97 Å². The number of hydrogen-bond acceptors (Lipinski definition) is 4. The number of fused-ring (bicyclic) bond motifs is 1. The Morgan fingerprint density at radius 3 is 2.04 bits per heavy atom. The van der Waals surface area contributed by atoms with Gasteiger partial charge in [-0.3, -0.25) is 9.36 Å². The van der Waals surface area contributed by atoms with Gasteiger partial charge in [0.15, 0.2) is 5.78 Å². The average Bonchev–Trinajstić information content (AvgIpc) is 2.87. The molecule has 0 aliphatic carbocycles. The highest BCUT2D eigenvalue weighted by atomic mass is 32.2. The molecule has 0 radical (unpaired) electrons. The molecule has 6 nitrogen and oxygen atoms in total. The maximum Gasteiger partial charge on any atom is 0.343 e. The van der Waals surface area contributed by atoms with Crippen molar-refractivity contribution in [3.8, 4) is 0 Å². The summed E-state index contributed by atoms with van der Waals surface area (Å²) in [7, 11) is -4.07. The minimum absolute atomic E-state index is 0.0205. The van der Waals surface area contributed by atoms with Gasteiger partial charge >= 0.3 is 5.69 Å². The zero-order chi connectivity index (χ0) is 19.1. The van der Waals surface area contributed by atoms with Gasteiger partial charge in [-0.25, -0.2) is 13.2 Å². The van der Waals surface area contributed by atoms with Gasteiger partial charge in [0.1, 0.15) is 0 Å². The van der Waals surface area contributed by atoms with Crippen molar-refractivity contribution in [2.75, 3.05) is 0 Å². The Bertz CT molecular complexity index is 1130. The second kappa shape index (κ2) is 6.25. The summed E-state index contributed by atoms with van der Waals surface area (Å²) in [5.41, 5.74) is -0.716. The van der Waals surface area contributed by atoms with Crippen LogP contribution in [0, 0.1) is 5.41 Å². The third-order valence-electron chi connectivity index (χ3n) is 4.22. The predicted octanol–water partition coefficient (Wildman–Crippen LogP) is 2.66. The van der Waals surface area contributed by atoms with Crippen molar-refractivity contribution in [3.05, 3.63) is 65.1 Å². The summed E-state index contributed by atoms with van der Waals surface area (Å²) in [6, 6.07) is 14.4. The van der Waals surface area contributed by atoms with Gasteiger partial charge in [-0.1, -0.05) is 51.1 Å². The molecular weight excluding hydrogens is 352 g/mol. The summed E-state index contributed by atoms with van der Waals surface area (Å²) in [5, 5.41) is 0. The fraction of sp³-hybridized carbons (Fsp3) is 0.263. The Hall–Kier alpha value is -2.67. The van der Waals surface area contributed by atoms with E-state index in [1.807, 2.05) is 0 Å². The molecular formula is C19H20N2O4S. The van der Waals surface area contributed by atoms with Gasteiger partial charge in [-0.05, 0) is 24.3 Å². The zero-order valence-electron chi connectivity index (χ0n) is 14.8. The molecule has 0 atom stereocenters. The minimum atomic E-state index is -4.07. The van der Waals surface area contributed by atoms with Crippen molar-refractivity contribution in [1.82, 2.24) is 8.54 Å². The van der Waals surface area contributed by atoms with E-state index in [2.05, 4.69) is 0 Å². The van der Waals surface area contributed by atoms with Gasteiger partial charge in [0.05, 0.1) is 22.5 Å². The number of hydrogen-bond donors (Lipinski definition) is 0. The molecule has 0 unspecified atom stereocenters. The van der Waals surface area contributed by atoms with Crippen LogP contribution in [0.1, 0.15) is 20.8 Å². The molecule has 3 rings (SSSR count). The summed E-state index contributed by atoms with van der Waals surface area (Å²) in [5.74, 6) is -0.153. The van der Waals surface area contributed by atoms with Crippen molar-refractivity contribution in [3.63, 3.8) is 0 Å². The number of rotatable bonds is 4. The van der Waals surface area contributed by atoms with Crippen molar-refractivity contribution >= 4 is 26.8 Å². The van der Waals surface area contributed by atoms with Crippen LogP contribution in [0.15, 0.2) is 64.3 Å². The number of carbonyl (C=O) groups excluding carboxylic acids is 1. The van der Waals surface area contributed by atoms with E-state index in [1.54, 1.807) is 63.2 Å². The van der Waals surface area contributed by atoms with E-state index in [9.17, 15) is 18.0 Å². The topological polar surface area (TPSA) is 78.1 Å². The number of benzene rings is 2. The lowest BCUT2D eigenvalue weighted by Gasteiger charge is -2.16. The van der Waals surface area contributed by atoms with E-state index in [0.29, 0.717) is 5.52 Å². The fourth-order valence-corrected chi connectivity index (χ4v) is 4.07. The normalized spacial score (nSPS) is 12.4. The highest BCUT2D eigenvalue weighted by Gasteiger charge is 2.28. The average molecular weight is 372 g/mol. The molecule has 136 valence electrons. The summed E-state index contributed by atoms with van der Waals surface area (Å²) in [4.78, 5) is 25.4. The standard InChI is InChI=1S/C19H20N2O4S/c1-19(2,3)17(22)13-20-15-11-7-8-12-16(15)21(18(20)23)26(24,25)14-9-5-4-6-10-14/h4-12H,13H2,1-3H3. The third kappa shape index (κ3) is 2.99. The molecule has 26 heavy (non-hydrogen) atoms. The molecule has 1 heterocycles. The second-order valence-corrected chi connectivity index (χ2v) is 8.90. The lowest BCUT2D eigenvalue weighted by molar-refractivity contribution is -0.126. The Morgan fingerprint density at radius 2 is 1.46 bits per heavy atom. The van der Waals surface area contributed by atoms with Crippen molar-refractivity contribution in [2.45, 2.75) is 32.2 Å². The first-order chi connectivity index (χ1) is 12.1. The van der Waals surface area contributed by atoms with Gasteiger partial charge in [-0.2, -0.15) is 3.97 Å². The predicted molar refractivity (Wildman–Crippen MR) is 99.7 cm³/mol. The number of Topliss-reactive ketones (excluding diaryl/α,β-unsaturated/α-hetero) is 1. The highest BCUT2D eigenvalue weighted by molar-refractivity contribution is 7.90. The van der Waals surface area contributed by atoms with E-state index in [4.69, 9.17) is 0 Å².